The Labute approximate surface area is 87.3 Å². The molecule has 3 unspecified atom stereocenters. The second-order valence-corrected chi connectivity index (χ2v) is 4.28. The van der Waals surface area contributed by atoms with Gasteiger partial charge in [-0.05, 0) is 12.3 Å². The zero-order chi connectivity index (χ0) is 9.84. The fourth-order valence-corrected chi connectivity index (χ4v) is 1.67. The lowest BCUT2D eigenvalue weighted by Gasteiger charge is -2.14. The summed E-state index contributed by atoms with van der Waals surface area (Å²) < 4.78 is 4.98. The van der Waals surface area contributed by atoms with Crippen molar-refractivity contribution in [3.63, 3.8) is 0 Å². The molecule has 1 N–H and O–H groups in total. The maximum Gasteiger partial charge on any atom is 0.223 e. The van der Waals surface area contributed by atoms with Crippen molar-refractivity contribution in [3.8, 4) is 0 Å². The van der Waals surface area contributed by atoms with E-state index in [1.54, 1.807) is 7.11 Å². The average molecular weight is 250 g/mol. The van der Waals surface area contributed by atoms with E-state index in [4.69, 9.17) is 4.74 Å². The first kappa shape index (κ1) is 11.0. The number of hydrogen-bond acceptors (Lipinski definition) is 2. The SMILES string of the molecule is COCC(CBr)NC(=O)C1CC1C. The molecule has 0 aromatic heterocycles. The molecule has 3 nitrogen and oxygen atoms in total. The van der Waals surface area contributed by atoms with Gasteiger partial charge in [0, 0.05) is 18.4 Å². The fourth-order valence-electron chi connectivity index (χ4n) is 1.32. The average Bonchev–Trinajstić information content (AvgIpc) is 2.82. The summed E-state index contributed by atoms with van der Waals surface area (Å²) in [6.07, 6.45) is 1.04. The van der Waals surface area contributed by atoms with E-state index in [0.717, 1.165) is 11.8 Å². The zero-order valence-electron chi connectivity index (χ0n) is 8.05. The summed E-state index contributed by atoms with van der Waals surface area (Å²) in [6.45, 7) is 2.67. The predicted molar refractivity (Wildman–Crippen MR) is 54.9 cm³/mol. The van der Waals surface area contributed by atoms with Crippen molar-refractivity contribution in [1.82, 2.24) is 5.32 Å². The van der Waals surface area contributed by atoms with Crippen LogP contribution >= 0.6 is 15.9 Å². The quantitative estimate of drug-likeness (QED) is 0.744. The summed E-state index contributed by atoms with van der Waals surface area (Å²) in [5.74, 6) is 0.992. The number of ether oxygens (including phenoxy) is 1. The van der Waals surface area contributed by atoms with E-state index in [1.807, 2.05) is 0 Å². The van der Waals surface area contributed by atoms with Crippen LogP contribution in [0.1, 0.15) is 13.3 Å². The van der Waals surface area contributed by atoms with Crippen LogP contribution < -0.4 is 5.32 Å². The molecule has 4 heteroatoms. The van der Waals surface area contributed by atoms with Crippen LogP contribution in [0.3, 0.4) is 0 Å². The lowest BCUT2D eigenvalue weighted by Crippen LogP contribution is -2.40. The third-order valence-electron chi connectivity index (χ3n) is 2.35. The van der Waals surface area contributed by atoms with Crippen molar-refractivity contribution >= 4 is 21.8 Å². The number of hydrogen-bond donors (Lipinski definition) is 1. The number of alkyl halides is 1. The summed E-state index contributed by atoms with van der Waals surface area (Å²) in [7, 11) is 1.64. The van der Waals surface area contributed by atoms with E-state index in [1.165, 1.54) is 0 Å². The Morgan fingerprint density at radius 1 is 1.77 bits per heavy atom. The molecule has 1 aliphatic rings. The van der Waals surface area contributed by atoms with E-state index in [2.05, 4.69) is 28.2 Å². The van der Waals surface area contributed by atoms with Gasteiger partial charge in [0.1, 0.15) is 0 Å². The molecule has 0 saturated heterocycles. The van der Waals surface area contributed by atoms with Crippen LogP contribution in [0.4, 0.5) is 0 Å². The van der Waals surface area contributed by atoms with E-state index < -0.39 is 0 Å². The maximum atomic E-state index is 11.5. The van der Waals surface area contributed by atoms with Crippen molar-refractivity contribution in [2.75, 3.05) is 19.0 Å². The molecular formula is C9H16BrNO2. The molecule has 0 radical (unpaired) electrons. The molecule has 0 spiro atoms. The van der Waals surface area contributed by atoms with Crippen LogP contribution in [0.25, 0.3) is 0 Å². The Kier molecular flexibility index (Phi) is 4.19. The van der Waals surface area contributed by atoms with Crippen molar-refractivity contribution < 1.29 is 9.53 Å². The topological polar surface area (TPSA) is 38.3 Å². The van der Waals surface area contributed by atoms with Crippen molar-refractivity contribution in [2.24, 2.45) is 11.8 Å². The molecule has 1 amide bonds. The van der Waals surface area contributed by atoms with Gasteiger partial charge in [0.15, 0.2) is 0 Å². The van der Waals surface area contributed by atoms with Crippen molar-refractivity contribution in [2.45, 2.75) is 19.4 Å². The van der Waals surface area contributed by atoms with Gasteiger partial charge >= 0.3 is 0 Å². The smallest absolute Gasteiger partial charge is 0.223 e. The number of methoxy groups -OCH3 is 1. The lowest BCUT2D eigenvalue weighted by molar-refractivity contribution is -0.123. The number of nitrogens with one attached hydrogen (secondary N) is 1. The lowest BCUT2D eigenvalue weighted by atomic mass is 10.3. The molecule has 0 aliphatic heterocycles. The highest BCUT2D eigenvalue weighted by atomic mass is 79.9. The number of amides is 1. The predicted octanol–water partition coefficient (Wildman–Crippen LogP) is 1.17. The van der Waals surface area contributed by atoms with Crippen molar-refractivity contribution in [3.05, 3.63) is 0 Å². The number of carbonyl (C=O) groups excluding carboxylic acids is 1. The molecule has 1 rings (SSSR count). The Morgan fingerprint density at radius 2 is 2.38 bits per heavy atom. The van der Waals surface area contributed by atoms with Crippen LogP contribution in [0, 0.1) is 11.8 Å². The molecule has 76 valence electrons. The fraction of sp³-hybridized carbons (Fsp3) is 0.889. The van der Waals surface area contributed by atoms with Gasteiger partial charge in [0.2, 0.25) is 5.91 Å². The summed E-state index contributed by atoms with van der Waals surface area (Å²) in [5, 5.41) is 3.69. The van der Waals surface area contributed by atoms with Gasteiger partial charge < -0.3 is 10.1 Å². The van der Waals surface area contributed by atoms with E-state index in [9.17, 15) is 4.79 Å². The minimum atomic E-state index is 0.102. The summed E-state index contributed by atoms with van der Waals surface area (Å²) in [4.78, 5) is 11.5. The maximum absolute atomic E-state index is 11.5. The highest BCUT2D eigenvalue weighted by molar-refractivity contribution is 9.09. The highest BCUT2D eigenvalue weighted by Crippen LogP contribution is 2.37. The third kappa shape index (κ3) is 3.27. The Morgan fingerprint density at radius 3 is 2.77 bits per heavy atom. The zero-order valence-corrected chi connectivity index (χ0v) is 9.63. The minimum absolute atomic E-state index is 0.102. The first-order chi connectivity index (χ1) is 6.19. The monoisotopic (exact) mass is 249 g/mol. The van der Waals surface area contributed by atoms with Gasteiger partial charge in [-0.1, -0.05) is 22.9 Å². The second-order valence-electron chi connectivity index (χ2n) is 3.63. The van der Waals surface area contributed by atoms with Crippen LogP contribution in [0.5, 0.6) is 0 Å². The molecule has 1 fully saturated rings. The van der Waals surface area contributed by atoms with Gasteiger partial charge in [-0.15, -0.1) is 0 Å². The molecule has 3 atom stereocenters. The summed E-state index contributed by atoms with van der Waals surface area (Å²) in [5.41, 5.74) is 0. The van der Waals surface area contributed by atoms with Gasteiger partial charge in [0.05, 0.1) is 12.6 Å². The first-order valence-electron chi connectivity index (χ1n) is 4.54. The standard InChI is InChI=1S/C9H16BrNO2/c1-6-3-8(6)9(12)11-7(4-10)5-13-2/h6-8H,3-5H2,1-2H3,(H,11,12). The van der Waals surface area contributed by atoms with Crippen LogP contribution in [0.15, 0.2) is 0 Å². The Bertz CT molecular complexity index is 186. The van der Waals surface area contributed by atoms with Crippen LogP contribution in [-0.2, 0) is 9.53 Å². The molecule has 13 heavy (non-hydrogen) atoms. The highest BCUT2D eigenvalue weighted by Gasteiger charge is 2.39. The Hall–Kier alpha value is -0.0900. The van der Waals surface area contributed by atoms with Gasteiger partial charge in [0.25, 0.3) is 0 Å². The number of halogens is 1. The largest absolute Gasteiger partial charge is 0.383 e. The first-order valence-corrected chi connectivity index (χ1v) is 5.66. The number of rotatable bonds is 5. The molecular weight excluding hydrogens is 234 g/mol. The van der Waals surface area contributed by atoms with Gasteiger partial charge in [-0.2, -0.15) is 0 Å². The van der Waals surface area contributed by atoms with Gasteiger partial charge in [-0.3, -0.25) is 4.79 Å². The van der Waals surface area contributed by atoms with Gasteiger partial charge in [-0.25, -0.2) is 0 Å². The molecule has 0 bridgehead atoms. The molecule has 1 aliphatic carbocycles. The Balaban J connectivity index is 2.24. The van der Waals surface area contributed by atoms with E-state index >= 15 is 0 Å². The van der Waals surface area contributed by atoms with Crippen molar-refractivity contribution in [1.29, 1.82) is 0 Å². The van der Waals surface area contributed by atoms with E-state index in [0.29, 0.717) is 12.5 Å². The molecule has 1 saturated carbocycles. The molecule has 0 aromatic rings. The van der Waals surface area contributed by atoms with Crippen LogP contribution in [0.2, 0.25) is 0 Å². The molecule has 0 heterocycles. The minimum Gasteiger partial charge on any atom is -0.383 e. The van der Waals surface area contributed by atoms with E-state index in [-0.39, 0.29) is 17.9 Å². The number of carbonyl (C=O) groups is 1. The summed E-state index contributed by atoms with van der Waals surface area (Å²) in [6, 6.07) is 0.102. The normalized spacial score (nSPS) is 28.2. The third-order valence-corrected chi connectivity index (χ3v) is 3.13. The molecule has 0 aromatic carbocycles. The summed E-state index contributed by atoms with van der Waals surface area (Å²) >= 11 is 3.34. The van der Waals surface area contributed by atoms with Crippen LogP contribution in [-0.4, -0.2) is 31.0 Å². The second kappa shape index (κ2) is 4.96.